The molecule has 1 saturated heterocycles. The molecular formula is C20H35NO5Si. The first-order valence-electron chi connectivity index (χ1n) is 10.5. The number of hydrogen-bond acceptors (Lipinski definition) is 5. The van der Waals surface area contributed by atoms with E-state index in [1.54, 1.807) is 0 Å². The maximum atomic E-state index is 12.2. The number of carbonyl (C=O) groups excluding carboxylic acids is 2. The van der Waals surface area contributed by atoms with Crippen LogP contribution in [0.3, 0.4) is 0 Å². The van der Waals surface area contributed by atoms with Crippen LogP contribution in [0.15, 0.2) is 12.3 Å². The van der Waals surface area contributed by atoms with Gasteiger partial charge in [-0.2, -0.15) is 0 Å². The minimum absolute atomic E-state index is 0.0209. The summed E-state index contributed by atoms with van der Waals surface area (Å²) in [7, 11) is -2.12. The number of nitrogens with zero attached hydrogens (tertiary/aromatic N) is 1. The Kier molecular flexibility index (Phi) is 6.56. The monoisotopic (exact) mass is 398 g/mol. The standard InChI is InChI=1S/C20H35NO5Si/c1-14(2)27(15(3)4,16(5)6)25-13-20(7)12-24-11-19(26-20)21-9-8-17(22)10-18(21)23/h8-9,14-16,19H,10-13H2,1-7H3/t19-,20+/m1/s1/i7D. The van der Waals surface area contributed by atoms with E-state index < -0.39 is 20.1 Å². The molecule has 0 aromatic rings. The summed E-state index contributed by atoms with van der Waals surface area (Å²) in [5.41, 5.74) is 0.352. The van der Waals surface area contributed by atoms with Crippen molar-refractivity contribution in [2.75, 3.05) is 19.8 Å². The average molecular weight is 399 g/mol. The molecule has 0 aliphatic carbocycles. The molecule has 2 heterocycles. The van der Waals surface area contributed by atoms with Gasteiger partial charge in [0.05, 0.1) is 26.2 Å². The highest BCUT2D eigenvalue weighted by atomic mass is 28.4. The Morgan fingerprint density at radius 3 is 2.41 bits per heavy atom. The van der Waals surface area contributed by atoms with Crippen LogP contribution in [0.2, 0.25) is 16.6 Å². The molecule has 0 bridgehead atoms. The van der Waals surface area contributed by atoms with Crippen LogP contribution < -0.4 is 0 Å². The lowest BCUT2D eigenvalue weighted by atomic mass is 10.1. The van der Waals surface area contributed by atoms with Crippen molar-refractivity contribution in [2.45, 2.75) is 83.3 Å². The first kappa shape index (κ1) is 20.7. The molecule has 27 heavy (non-hydrogen) atoms. The molecule has 2 atom stereocenters. The van der Waals surface area contributed by atoms with Gasteiger partial charge in [0, 0.05) is 7.57 Å². The Labute approximate surface area is 165 Å². The summed E-state index contributed by atoms with van der Waals surface area (Å²) in [5.74, 6) is -0.521. The van der Waals surface area contributed by atoms with Gasteiger partial charge in [-0.1, -0.05) is 41.5 Å². The summed E-state index contributed by atoms with van der Waals surface area (Å²) in [6, 6.07) is 0. The van der Waals surface area contributed by atoms with Crippen LogP contribution in [-0.2, 0) is 23.5 Å². The molecule has 0 saturated carbocycles. The Bertz CT molecular complexity index is 588. The predicted octanol–water partition coefficient (Wildman–Crippen LogP) is 3.63. The summed E-state index contributed by atoms with van der Waals surface area (Å²) in [5, 5.41) is 0. The summed E-state index contributed by atoms with van der Waals surface area (Å²) >= 11 is 0. The number of ether oxygens (including phenoxy) is 2. The van der Waals surface area contributed by atoms with Gasteiger partial charge in [0.1, 0.15) is 5.60 Å². The molecule has 0 aromatic heterocycles. The lowest BCUT2D eigenvalue weighted by Gasteiger charge is -2.47. The maximum absolute atomic E-state index is 12.2. The summed E-state index contributed by atoms with van der Waals surface area (Å²) < 4.78 is 26.8. The fraction of sp³-hybridized carbons (Fsp3) is 0.800. The molecule has 0 N–H and O–H groups in total. The van der Waals surface area contributed by atoms with E-state index in [1.807, 2.05) is 0 Å². The van der Waals surface area contributed by atoms with Gasteiger partial charge >= 0.3 is 0 Å². The highest BCUT2D eigenvalue weighted by Gasteiger charge is 2.47. The van der Waals surface area contributed by atoms with E-state index in [-0.39, 0.29) is 44.8 Å². The summed E-state index contributed by atoms with van der Waals surface area (Å²) in [4.78, 5) is 25.1. The van der Waals surface area contributed by atoms with Crippen LogP contribution in [0.1, 0.15) is 56.2 Å². The minimum atomic E-state index is -2.12. The van der Waals surface area contributed by atoms with E-state index in [4.69, 9.17) is 15.3 Å². The molecule has 7 heteroatoms. The van der Waals surface area contributed by atoms with Gasteiger partial charge in [-0.25, -0.2) is 0 Å². The van der Waals surface area contributed by atoms with Gasteiger partial charge in [0.15, 0.2) is 20.3 Å². The van der Waals surface area contributed by atoms with Gasteiger partial charge in [0.2, 0.25) is 5.91 Å². The molecule has 1 fully saturated rings. The average Bonchev–Trinajstić information content (AvgIpc) is 2.61. The molecular weight excluding hydrogens is 362 g/mol. The Morgan fingerprint density at radius 2 is 1.89 bits per heavy atom. The Hall–Kier alpha value is -1.02. The molecule has 0 radical (unpaired) electrons. The first-order chi connectivity index (χ1) is 13.1. The minimum Gasteiger partial charge on any atom is -0.413 e. The van der Waals surface area contributed by atoms with Crippen molar-refractivity contribution >= 4 is 20.0 Å². The number of ketones is 1. The third kappa shape index (κ3) is 4.70. The summed E-state index contributed by atoms with van der Waals surface area (Å²) in [6.45, 7) is 14.0. The van der Waals surface area contributed by atoms with E-state index in [9.17, 15) is 9.59 Å². The fourth-order valence-corrected chi connectivity index (χ4v) is 9.99. The zero-order valence-corrected chi connectivity index (χ0v) is 18.5. The van der Waals surface area contributed by atoms with E-state index >= 15 is 0 Å². The highest BCUT2D eigenvalue weighted by molar-refractivity contribution is 6.77. The molecule has 2 aliphatic rings. The van der Waals surface area contributed by atoms with E-state index in [0.717, 1.165) is 0 Å². The van der Waals surface area contributed by atoms with Gasteiger partial charge in [-0.05, 0) is 29.6 Å². The number of allylic oxidation sites excluding steroid dienone is 1. The second kappa shape index (κ2) is 8.55. The molecule has 0 unspecified atom stereocenters. The Morgan fingerprint density at radius 1 is 1.26 bits per heavy atom. The second-order valence-corrected chi connectivity index (χ2v) is 14.1. The Balaban J connectivity index is 2.18. The number of amides is 1. The van der Waals surface area contributed by atoms with Gasteiger partial charge in [-0.15, -0.1) is 0 Å². The van der Waals surface area contributed by atoms with Crippen LogP contribution in [0.25, 0.3) is 0 Å². The molecule has 6 nitrogen and oxygen atoms in total. The van der Waals surface area contributed by atoms with Crippen molar-refractivity contribution in [3.8, 4) is 0 Å². The third-order valence-corrected chi connectivity index (χ3v) is 11.7. The van der Waals surface area contributed by atoms with Crippen molar-refractivity contribution in [3.05, 3.63) is 12.3 Å². The molecule has 0 aromatic carbocycles. The van der Waals surface area contributed by atoms with Gasteiger partial charge < -0.3 is 13.9 Å². The molecule has 2 rings (SSSR count). The molecule has 154 valence electrons. The first-order valence-corrected chi connectivity index (χ1v) is 11.9. The number of hydrogen-bond donors (Lipinski definition) is 0. The SMILES string of the molecule is [2H]C[C@@]1(CO[Si](C(C)C)(C(C)C)C(C)C)COC[C@H](N2C=CC(=O)CC2=O)O1. The topological polar surface area (TPSA) is 65.1 Å². The second-order valence-electron chi connectivity index (χ2n) is 8.64. The predicted molar refractivity (Wildman–Crippen MR) is 107 cm³/mol. The summed E-state index contributed by atoms with van der Waals surface area (Å²) in [6.07, 6.45) is 2.03. The van der Waals surface area contributed by atoms with Gasteiger partial charge in [0.25, 0.3) is 0 Å². The normalized spacial score (nSPS) is 27.8. The van der Waals surface area contributed by atoms with E-state index in [1.165, 1.54) is 17.2 Å². The lowest BCUT2D eigenvalue weighted by Crippen LogP contribution is -2.58. The van der Waals surface area contributed by atoms with E-state index in [0.29, 0.717) is 16.6 Å². The number of rotatable bonds is 7. The van der Waals surface area contributed by atoms with Crippen molar-refractivity contribution in [3.63, 3.8) is 0 Å². The highest BCUT2D eigenvalue weighted by Crippen LogP contribution is 2.43. The third-order valence-electron chi connectivity index (χ3n) is 5.65. The van der Waals surface area contributed by atoms with Crippen molar-refractivity contribution < 1.29 is 24.9 Å². The fourth-order valence-electron chi connectivity index (χ4n) is 4.47. The quantitative estimate of drug-likeness (QED) is 0.484. The maximum Gasteiger partial charge on any atom is 0.236 e. The van der Waals surface area contributed by atoms with Crippen LogP contribution in [0, 0.1) is 0 Å². The largest absolute Gasteiger partial charge is 0.413 e. The van der Waals surface area contributed by atoms with Crippen LogP contribution >= 0.6 is 0 Å². The van der Waals surface area contributed by atoms with Crippen molar-refractivity contribution in [1.29, 1.82) is 0 Å². The van der Waals surface area contributed by atoms with Crippen LogP contribution in [0.5, 0.6) is 0 Å². The smallest absolute Gasteiger partial charge is 0.236 e. The molecule has 2 aliphatic heterocycles. The lowest BCUT2D eigenvalue weighted by molar-refractivity contribution is -0.235. The van der Waals surface area contributed by atoms with Crippen molar-refractivity contribution in [1.82, 2.24) is 4.90 Å². The molecule has 0 spiro atoms. The molecule has 1 amide bonds. The van der Waals surface area contributed by atoms with E-state index in [2.05, 4.69) is 41.5 Å². The van der Waals surface area contributed by atoms with Crippen LogP contribution in [-0.4, -0.2) is 56.6 Å². The van der Waals surface area contributed by atoms with Crippen LogP contribution in [0.4, 0.5) is 0 Å². The van der Waals surface area contributed by atoms with Gasteiger partial charge in [-0.3, -0.25) is 14.5 Å². The number of carbonyl (C=O) groups is 2. The van der Waals surface area contributed by atoms with Crippen molar-refractivity contribution in [2.24, 2.45) is 0 Å². The zero-order chi connectivity index (χ0) is 21.1. The zero-order valence-electron chi connectivity index (χ0n) is 18.5.